The lowest BCUT2D eigenvalue weighted by Crippen LogP contribution is -2.05. The van der Waals surface area contributed by atoms with Crippen molar-refractivity contribution < 1.29 is 23.7 Å². The largest absolute Gasteiger partial charge is 0.494 e. The number of methoxy groups -OCH3 is 3. The minimum absolute atomic E-state index is 0.184. The number of carbonyl (C=O) groups excluding carboxylic acids is 1. The van der Waals surface area contributed by atoms with Crippen LogP contribution in [-0.4, -0.2) is 38.7 Å². The van der Waals surface area contributed by atoms with Gasteiger partial charge in [0.2, 0.25) is 5.75 Å². The maximum atomic E-state index is 13.2. The molecule has 0 atom stereocenters. The van der Waals surface area contributed by atoms with Gasteiger partial charge in [0.1, 0.15) is 5.75 Å². The van der Waals surface area contributed by atoms with Crippen molar-refractivity contribution in [2.75, 3.05) is 27.9 Å². The molecule has 0 spiro atoms. The van der Waals surface area contributed by atoms with Gasteiger partial charge in [0, 0.05) is 28.9 Å². The predicted molar refractivity (Wildman–Crippen MR) is 102 cm³/mol. The third-order valence-electron chi connectivity index (χ3n) is 4.21. The number of hydrogen-bond donors (Lipinski definition) is 0. The molecule has 3 rings (SSSR count). The molecule has 0 saturated carbocycles. The summed E-state index contributed by atoms with van der Waals surface area (Å²) in [6.07, 6.45) is 3.28. The van der Waals surface area contributed by atoms with Crippen molar-refractivity contribution in [3.63, 3.8) is 0 Å². The standard InChI is InChI=1S/C21H21NO5/c1-5-27-15-6-7-16-14(8-15)11-22-12-17(16)20(23)13-9-18(24-2)21(26-4)19(10-13)25-3/h6-12H,5H2,1-4H3. The van der Waals surface area contributed by atoms with Crippen molar-refractivity contribution in [3.05, 3.63) is 53.9 Å². The molecule has 27 heavy (non-hydrogen) atoms. The van der Waals surface area contributed by atoms with Crippen molar-refractivity contribution >= 4 is 16.6 Å². The van der Waals surface area contributed by atoms with E-state index in [0.717, 1.165) is 16.5 Å². The van der Waals surface area contributed by atoms with Gasteiger partial charge in [-0.2, -0.15) is 0 Å². The van der Waals surface area contributed by atoms with Crippen LogP contribution in [0.4, 0.5) is 0 Å². The van der Waals surface area contributed by atoms with E-state index >= 15 is 0 Å². The van der Waals surface area contributed by atoms with E-state index in [0.29, 0.717) is 35.0 Å². The molecular formula is C21H21NO5. The van der Waals surface area contributed by atoms with Crippen molar-refractivity contribution in [2.45, 2.75) is 6.92 Å². The molecule has 0 N–H and O–H groups in total. The van der Waals surface area contributed by atoms with Gasteiger partial charge in [-0.1, -0.05) is 0 Å². The van der Waals surface area contributed by atoms with Gasteiger partial charge >= 0.3 is 0 Å². The summed E-state index contributed by atoms with van der Waals surface area (Å²) >= 11 is 0. The second-order valence-corrected chi connectivity index (χ2v) is 5.75. The lowest BCUT2D eigenvalue weighted by atomic mass is 9.99. The highest BCUT2D eigenvalue weighted by Gasteiger charge is 2.20. The Morgan fingerprint density at radius 2 is 1.67 bits per heavy atom. The number of ketones is 1. The lowest BCUT2D eigenvalue weighted by Gasteiger charge is -2.14. The molecule has 0 unspecified atom stereocenters. The highest BCUT2D eigenvalue weighted by atomic mass is 16.5. The molecule has 0 aliphatic carbocycles. The molecule has 0 fully saturated rings. The zero-order chi connectivity index (χ0) is 19.4. The Balaban J connectivity index is 2.11. The number of ether oxygens (including phenoxy) is 4. The summed E-state index contributed by atoms with van der Waals surface area (Å²) < 4.78 is 21.5. The fraction of sp³-hybridized carbons (Fsp3) is 0.238. The quantitative estimate of drug-likeness (QED) is 0.590. The predicted octanol–water partition coefficient (Wildman–Crippen LogP) is 3.89. The smallest absolute Gasteiger partial charge is 0.203 e. The number of nitrogens with zero attached hydrogens (tertiary/aromatic N) is 1. The van der Waals surface area contributed by atoms with Crippen molar-refractivity contribution in [2.24, 2.45) is 0 Å². The zero-order valence-corrected chi connectivity index (χ0v) is 15.7. The van der Waals surface area contributed by atoms with Gasteiger partial charge in [-0.25, -0.2) is 0 Å². The van der Waals surface area contributed by atoms with Gasteiger partial charge in [0.15, 0.2) is 17.3 Å². The van der Waals surface area contributed by atoms with E-state index in [1.165, 1.54) is 21.3 Å². The molecule has 0 amide bonds. The van der Waals surface area contributed by atoms with E-state index in [9.17, 15) is 4.79 Å². The molecule has 3 aromatic rings. The molecule has 1 aromatic heterocycles. The van der Waals surface area contributed by atoms with Gasteiger partial charge in [0.05, 0.1) is 27.9 Å². The first kappa shape index (κ1) is 18.5. The Hall–Kier alpha value is -3.28. The number of benzene rings is 2. The summed E-state index contributed by atoms with van der Waals surface area (Å²) in [6, 6.07) is 8.86. The highest BCUT2D eigenvalue weighted by molar-refractivity contribution is 6.16. The minimum atomic E-state index is -0.184. The van der Waals surface area contributed by atoms with E-state index in [1.807, 2.05) is 25.1 Å². The van der Waals surface area contributed by atoms with E-state index < -0.39 is 0 Å². The number of hydrogen-bond acceptors (Lipinski definition) is 6. The SMILES string of the molecule is CCOc1ccc2c(C(=O)c3cc(OC)c(OC)c(OC)c3)cncc2c1. The molecule has 0 radical (unpaired) electrons. The molecule has 0 aliphatic rings. The van der Waals surface area contributed by atoms with Crippen LogP contribution in [0.1, 0.15) is 22.8 Å². The summed E-state index contributed by atoms with van der Waals surface area (Å²) in [5.74, 6) is 1.84. The van der Waals surface area contributed by atoms with E-state index in [1.54, 1.807) is 24.5 Å². The van der Waals surface area contributed by atoms with Crippen molar-refractivity contribution in [3.8, 4) is 23.0 Å². The van der Waals surface area contributed by atoms with Crippen LogP contribution in [0, 0.1) is 0 Å². The zero-order valence-electron chi connectivity index (χ0n) is 15.7. The van der Waals surface area contributed by atoms with Crippen LogP contribution in [0.5, 0.6) is 23.0 Å². The first-order valence-corrected chi connectivity index (χ1v) is 8.48. The first-order valence-electron chi connectivity index (χ1n) is 8.48. The Kier molecular flexibility index (Phi) is 5.45. The molecule has 0 saturated heterocycles. The number of carbonyl (C=O) groups is 1. The van der Waals surface area contributed by atoms with Crippen molar-refractivity contribution in [1.29, 1.82) is 0 Å². The molecule has 0 aliphatic heterocycles. The summed E-state index contributed by atoms with van der Waals surface area (Å²) in [6.45, 7) is 2.50. The topological polar surface area (TPSA) is 66.9 Å². The fourth-order valence-electron chi connectivity index (χ4n) is 2.96. The van der Waals surface area contributed by atoms with Crippen LogP contribution in [0.25, 0.3) is 10.8 Å². The van der Waals surface area contributed by atoms with Crippen LogP contribution in [0.2, 0.25) is 0 Å². The monoisotopic (exact) mass is 367 g/mol. The maximum absolute atomic E-state index is 13.2. The normalized spacial score (nSPS) is 10.5. The van der Waals surface area contributed by atoms with Gasteiger partial charge in [-0.15, -0.1) is 0 Å². The van der Waals surface area contributed by atoms with E-state index in [-0.39, 0.29) is 5.78 Å². The van der Waals surface area contributed by atoms with Gasteiger partial charge in [0.25, 0.3) is 0 Å². The molecule has 0 bridgehead atoms. The number of aromatic nitrogens is 1. The molecule has 2 aromatic carbocycles. The number of rotatable bonds is 7. The third kappa shape index (κ3) is 3.51. The van der Waals surface area contributed by atoms with Gasteiger partial charge < -0.3 is 18.9 Å². The summed E-state index contributed by atoms with van der Waals surface area (Å²) in [5.41, 5.74) is 0.914. The minimum Gasteiger partial charge on any atom is -0.494 e. The molecule has 6 heteroatoms. The molecular weight excluding hydrogens is 346 g/mol. The Bertz CT molecular complexity index is 958. The van der Waals surface area contributed by atoms with Gasteiger partial charge in [-0.3, -0.25) is 9.78 Å². The van der Waals surface area contributed by atoms with Crippen LogP contribution in [0.3, 0.4) is 0 Å². The van der Waals surface area contributed by atoms with Crippen LogP contribution < -0.4 is 18.9 Å². The number of pyridine rings is 1. The third-order valence-corrected chi connectivity index (χ3v) is 4.21. The van der Waals surface area contributed by atoms with Gasteiger partial charge in [-0.05, 0) is 42.6 Å². The van der Waals surface area contributed by atoms with E-state index in [2.05, 4.69) is 4.98 Å². The molecule has 6 nitrogen and oxygen atoms in total. The second kappa shape index (κ2) is 7.95. The summed E-state index contributed by atoms with van der Waals surface area (Å²) in [7, 11) is 4.55. The van der Waals surface area contributed by atoms with Crippen LogP contribution >= 0.6 is 0 Å². The summed E-state index contributed by atoms with van der Waals surface area (Å²) in [5, 5.41) is 1.63. The average molecular weight is 367 g/mol. The Morgan fingerprint density at radius 3 is 2.26 bits per heavy atom. The highest BCUT2D eigenvalue weighted by Crippen LogP contribution is 2.39. The number of fused-ring (bicyclic) bond motifs is 1. The van der Waals surface area contributed by atoms with Crippen molar-refractivity contribution in [1.82, 2.24) is 4.98 Å². The second-order valence-electron chi connectivity index (χ2n) is 5.75. The van der Waals surface area contributed by atoms with Crippen LogP contribution in [-0.2, 0) is 0 Å². The Labute approximate surface area is 157 Å². The first-order chi connectivity index (χ1) is 13.1. The average Bonchev–Trinajstić information content (AvgIpc) is 2.71. The lowest BCUT2D eigenvalue weighted by molar-refractivity contribution is 0.103. The molecule has 140 valence electrons. The fourth-order valence-corrected chi connectivity index (χ4v) is 2.96. The Morgan fingerprint density at radius 1 is 0.963 bits per heavy atom. The summed E-state index contributed by atoms with van der Waals surface area (Å²) in [4.78, 5) is 17.4. The maximum Gasteiger partial charge on any atom is 0.203 e. The molecule has 1 heterocycles. The van der Waals surface area contributed by atoms with E-state index in [4.69, 9.17) is 18.9 Å². The van der Waals surface area contributed by atoms with Crippen LogP contribution in [0.15, 0.2) is 42.7 Å².